The van der Waals surface area contributed by atoms with E-state index in [1.165, 1.54) is 7.11 Å². The van der Waals surface area contributed by atoms with Crippen LogP contribution < -0.4 is 5.32 Å². The van der Waals surface area contributed by atoms with Crippen molar-refractivity contribution in [3.05, 3.63) is 0 Å². The first kappa shape index (κ1) is 16.1. The van der Waals surface area contributed by atoms with E-state index >= 15 is 0 Å². The predicted molar refractivity (Wildman–Crippen MR) is 77.9 cm³/mol. The number of carbonyl (C=O) groups is 2. The number of methoxy groups -OCH3 is 1. The minimum atomic E-state index is -0.963. The Kier molecular flexibility index (Phi) is 4.19. The molecule has 0 aromatic carbocycles. The number of alkyl carbamates (subject to hydrolysis) is 1. The molecule has 2 aliphatic rings. The molecule has 120 valence electrons. The van der Waals surface area contributed by atoms with Gasteiger partial charge in [-0.2, -0.15) is 0 Å². The molecule has 0 spiro atoms. The number of carbonyl (C=O) groups excluding carboxylic acids is 2. The second kappa shape index (κ2) is 5.48. The van der Waals surface area contributed by atoms with Crippen LogP contribution in [-0.4, -0.2) is 54.3 Å². The van der Waals surface area contributed by atoms with Gasteiger partial charge in [0.25, 0.3) is 0 Å². The molecule has 1 amide bonds. The SMILES string of the molecule is COC(=O)C1(NC(=O)OC(C)(C)C)CC2CCC(C1)N2C. The van der Waals surface area contributed by atoms with Crippen LogP contribution in [0.2, 0.25) is 0 Å². The number of nitrogens with one attached hydrogen (secondary N) is 1. The minimum Gasteiger partial charge on any atom is -0.467 e. The minimum absolute atomic E-state index is 0.304. The third-order valence-corrected chi connectivity index (χ3v) is 4.47. The molecular weight excluding hydrogens is 272 g/mol. The van der Waals surface area contributed by atoms with Crippen molar-refractivity contribution < 1.29 is 19.1 Å². The molecule has 0 saturated carbocycles. The van der Waals surface area contributed by atoms with Crippen LogP contribution in [0.3, 0.4) is 0 Å². The van der Waals surface area contributed by atoms with Crippen molar-refractivity contribution >= 4 is 12.1 Å². The third-order valence-electron chi connectivity index (χ3n) is 4.47. The van der Waals surface area contributed by atoms with Crippen LogP contribution in [0.25, 0.3) is 0 Å². The Hall–Kier alpha value is -1.30. The molecule has 6 nitrogen and oxygen atoms in total. The molecule has 2 aliphatic heterocycles. The summed E-state index contributed by atoms with van der Waals surface area (Å²) in [5.41, 5.74) is -1.55. The standard InChI is InChI=1S/C15H26N2O4/c1-14(2,3)21-13(19)16-15(12(18)20-5)8-10-6-7-11(9-15)17(10)4/h10-11H,6-9H2,1-5H3,(H,16,19). The largest absolute Gasteiger partial charge is 0.467 e. The molecule has 2 heterocycles. The van der Waals surface area contributed by atoms with Crippen LogP contribution in [0.4, 0.5) is 4.79 Å². The average molecular weight is 298 g/mol. The van der Waals surface area contributed by atoms with E-state index in [1.54, 1.807) is 20.8 Å². The topological polar surface area (TPSA) is 67.9 Å². The van der Waals surface area contributed by atoms with Gasteiger partial charge < -0.3 is 19.7 Å². The fraction of sp³-hybridized carbons (Fsp3) is 0.867. The van der Waals surface area contributed by atoms with Gasteiger partial charge in [0.1, 0.15) is 11.1 Å². The van der Waals surface area contributed by atoms with Crippen LogP contribution in [-0.2, 0) is 14.3 Å². The summed E-state index contributed by atoms with van der Waals surface area (Å²) >= 11 is 0. The molecule has 2 rings (SSSR count). The number of ether oxygens (including phenoxy) is 2. The Labute approximate surface area is 126 Å². The lowest BCUT2D eigenvalue weighted by atomic mass is 9.83. The Morgan fingerprint density at radius 1 is 1.19 bits per heavy atom. The van der Waals surface area contributed by atoms with Gasteiger partial charge in [-0.3, -0.25) is 0 Å². The molecule has 1 N–H and O–H groups in total. The van der Waals surface area contributed by atoms with E-state index in [9.17, 15) is 9.59 Å². The molecule has 2 atom stereocenters. The van der Waals surface area contributed by atoms with Gasteiger partial charge in [0.05, 0.1) is 7.11 Å². The lowest BCUT2D eigenvalue weighted by Gasteiger charge is -2.43. The lowest BCUT2D eigenvalue weighted by molar-refractivity contribution is -0.152. The predicted octanol–water partition coefficient (Wildman–Crippen LogP) is 1.68. The molecule has 2 unspecified atom stereocenters. The normalized spacial score (nSPS) is 32.6. The van der Waals surface area contributed by atoms with E-state index in [1.807, 2.05) is 0 Å². The molecule has 2 bridgehead atoms. The molecule has 6 heteroatoms. The van der Waals surface area contributed by atoms with Gasteiger partial charge in [0.15, 0.2) is 0 Å². The monoisotopic (exact) mass is 298 g/mol. The summed E-state index contributed by atoms with van der Waals surface area (Å²) in [5.74, 6) is -0.377. The average Bonchev–Trinajstić information content (AvgIpc) is 2.60. The van der Waals surface area contributed by atoms with Crippen LogP contribution in [0, 0.1) is 0 Å². The van der Waals surface area contributed by atoms with Crippen molar-refractivity contribution in [2.24, 2.45) is 0 Å². The Morgan fingerprint density at radius 2 is 1.71 bits per heavy atom. The number of hydrogen-bond acceptors (Lipinski definition) is 5. The van der Waals surface area contributed by atoms with Crippen LogP contribution >= 0.6 is 0 Å². The molecule has 2 saturated heterocycles. The van der Waals surface area contributed by atoms with E-state index in [4.69, 9.17) is 9.47 Å². The molecule has 2 fully saturated rings. The van der Waals surface area contributed by atoms with Gasteiger partial charge >= 0.3 is 12.1 Å². The number of rotatable bonds is 2. The van der Waals surface area contributed by atoms with E-state index in [0.717, 1.165) is 12.8 Å². The first-order valence-corrected chi connectivity index (χ1v) is 7.48. The van der Waals surface area contributed by atoms with Gasteiger partial charge in [-0.05, 0) is 53.5 Å². The highest BCUT2D eigenvalue weighted by Gasteiger charge is 2.53. The number of nitrogens with zero attached hydrogens (tertiary/aromatic N) is 1. The first-order chi connectivity index (χ1) is 9.67. The van der Waals surface area contributed by atoms with Crippen molar-refractivity contribution in [3.63, 3.8) is 0 Å². The van der Waals surface area contributed by atoms with Crippen molar-refractivity contribution in [2.75, 3.05) is 14.2 Å². The molecule has 21 heavy (non-hydrogen) atoms. The van der Waals surface area contributed by atoms with E-state index in [2.05, 4.69) is 17.3 Å². The molecule has 0 aliphatic carbocycles. The maximum absolute atomic E-state index is 12.3. The number of fused-ring (bicyclic) bond motifs is 2. The van der Waals surface area contributed by atoms with E-state index in [-0.39, 0.29) is 5.97 Å². The lowest BCUT2D eigenvalue weighted by Crippen LogP contribution is -2.63. The number of amides is 1. The zero-order chi connectivity index (χ0) is 15.8. The quantitative estimate of drug-likeness (QED) is 0.786. The van der Waals surface area contributed by atoms with E-state index in [0.29, 0.717) is 24.9 Å². The Morgan fingerprint density at radius 3 is 2.14 bits per heavy atom. The molecule has 0 aromatic heterocycles. The van der Waals surface area contributed by atoms with Gasteiger partial charge in [0, 0.05) is 12.1 Å². The fourth-order valence-corrected chi connectivity index (χ4v) is 3.48. The van der Waals surface area contributed by atoms with Gasteiger partial charge in [0.2, 0.25) is 0 Å². The zero-order valence-electron chi connectivity index (χ0n) is 13.6. The molecule has 0 aromatic rings. The summed E-state index contributed by atoms with van der Waals surface area (Å²) in [5, 5.41) is 2.80. The summed E-state index contributed by atoms with van der Waals surface area (Å²) in [6.07, 6.45) is 2.70. The molecule has 0 radical (unpaired) electrons. The maximum atomic E-state index is 12.3. The summed E-state index contributed by atoms with van der Waals surface area (Å²) in [7, 11) is 3.44. The van der Waals surface area contributed by atoms with Gasteiger partial charge in [-0.15, -0.1) is 0 Å². The summed E-state index contributed by atoms with van der Waals surface area (Å²) in [6.45, 7) is 5.40. The number of hydrogen-bond donors (Lipinski definition) is 1. The summed E-state index contributed by atoms with van der Waals surface area (Å²) in [4.78, 5) is 26.7. The highest BCUT2D eigenvalue weighted by atomic mass is 16.6. The van der Waals surface area contributed by atoms with Crippen molar-refractivity contribution in [3.8, 4) is 0 Å². The smallest absolute Gasteiger partial charge is 0.408 e. The number of piperidine rings is 1. The zero-order valence-corrected chi connectivity index (χ0v) is 13.6. The van der Waals surface area contributed by atoms with Crippen LogP contribution in [0.5, 0.6) is 0 Å². The fourth-order valence-electron chi connectivity index (χ4n) is 3.48. The van der Waals surface area contributed by atoms with Gasteiger partial charge in [-0.25, -0.2) is 9.59 Å². The summed E-state index contributed by atoms with van der Waals surface area (Å²) < 4.78 is 10.3. The highest BCUT2D eigenvalue weighted by molar-refractivity contribution is 5.86. The third kappa shape index (κ3) is 3.31. The maximum Gasteiger partial charge on any atom is 0.408 e. The van der Waals surface area contributed by atoms with E-state index < -0.39 is 17.2 Å². The van der Waals surface area contributed by atoms with Crippen molar-refractivity contribution in [1.29, 1.82) is 0 Å². The second-order valence-electron chi connectivity index (χ2n) is 7.16. The van der Waals surface area contributed by atoms with Crippen molar-refractivity contribution in [2.45, 2.75) is 69.7 Å². The highest BCUT2D eigenvalue weighted by Crippen LogP contribution is 2.40. The second-order valence-corrected chi connectivity index (χ2v) is 7.16. The van der Waals surface area contributed by atoms with Crippen LogP contribution in [0.15, 0.2) is 0 Å². The Bertz CT molecular complexity index is 416. The van der Waals surface area contributed by atoms with Crippen LogP contribution in [0.1, 0.15) is 46.5 Å². The Balaban J connectivity index is 2.16. The first-order valence-electron chi connectivity index (χ1n) is 7.48. The summed E-state index contributed by atoms with van der Waals surface area (Å²) in [6, 6.07) is 0.607. The van der Waals surface area contributed by atoms with Gasteiger partial charge in [-0.1, -0.05) is 0 Å². The van der Waals surface area contributed by atoms with Crippen molar-refractivity contribution in [1.82, 2.24) is 10.2 Å². The number of esters is 1. The molecular formula is C15H26N2O4.